The van der Waals surface area contributed by atoms with Crippen LogP contribution in [0.1, 0.15) is 27.2 Å². The zero-order valence-electron chi connectivity index (χ0n) is 11.1. The van der Waals surface area contributed by atoms with Crippen LogP contribution in [0.25, 0.3) is 0 Å². The highest BCUT2D eigenvalue weighted by molar-refractivity contribution is 7.85. The van der Waals surface area contributed by atoms with Gasteiger partial charge in [-0.15, -0.1) is 0 Å². The van der Waals surface area contributed by atoms with Gasteiger partial charge in [0.2, 0.25) is 5.91 Å². The minimum absolute atomic E-state index is 0.0859. The lowest BCUT2D eigenvalue weighted by molar-refractivity contribution is -0.880. The van der Waals surface area contributed by atoms with Crippen molar-refractivity contribution >= 4 is 16.0 Å². The molecule has 7 heteroatoms. The second kappa shape index (κ2) is 5.32. The van der Waals surface area contributed by atoms with E-state index in [2.05, 4.69) is 5.32 Å². The molecular weight excluding hydrogens is 247 g/mol. The summed E-state index contributed by atoms with van der Waals surface area (Å²) in [5.41, 5.74) is -0.490. The van der Waals surface area contributed by atoms with E-state index in [0.717, 1.165) is 0 Å². The molecule has 102 valence electrons. The molecule has 0 spiro atoms. The Balaban J connectivity index is 4.43. The van der Waals surface area contributed by atoms with E-state index in [9.17, 15) is 17.8 Å². The van der Waals surface area contributed by atoms with Gasteiger partial charge in [0, 0.05) is 5.41 Å². The Morgan fingerprint density at radius 2 is 1.82 bits per heavy atom. The molecular formula is C10H22N2O4S. The van der Waals surface area contributed by atoms with Crippen molar-refractivity contribution in [1.29, 1.82) is 0 Å². The first-order valence-electron chi connectivity index (χ1n) is 5.43. The zero-order valence-corrected chi connectivity index (χ0v) is 11.9. The fourth-order valence-corrected chi connectivity index (χ4v) is 2.11. The van der Waals surface area contributed by atoms with Crippen LogP contribution in [0.5, 0.6) is 0 Å². The van der Waals surface area contributed by atoms with Crippen LogP contribution in [0.2, 0.25) is 0 Å². The number of amides is 1. The maximum Gasteiger partial charge on any atom is 0.229 e. The van der Waals surface area contributed by atoms with E-state index in [-0.39, 0.29) is 17.1 Å². The van der Waals surface area contributed by atoms with Crippen LogP contribution in [-0.2, 0) is 14.9 Å². The van der Waals surface area contributed by atoms with Gasteiger partial charge >= 0.3 is 0 Å². The van der Waals surface area contributed by atoms with Crippen LogP contribution in [0, 0.1) is 5.41 Å². The summed E-state index contributed by atoms with van der Waals surface area (Å²) in [5.74, 6) is -0.686. The van der Waals surface area contributed by atoms with Gasteiger partial charge in [0.05, 0.1) is 14.1 Å². The van der Waals surface area contributed by atoms with E-state index < -0.39 is 21.4 Å². The highest BCUT2D eigenvalue weighted by Crippen LogP contribution is 2.19. The van der Waals surface area contributed by atoms with Gasteiger partial charge in [0.15, 0.2) is 12.5 Å². The fraction of sp³-hybridized carbons (Fsp3) is 0.900. The maximum absolute atomic E-state index is 11.8. The molecule has 0 aliphatic heterocycles. The molecule has 0 radical (unpaired) electrons. The van der Waals surface area contributed by atoms with Crippen molar-refractivity contribution in [3.05, 3.63) is 0 Å². The smallest absolute Gasteiger partial charge is 0.229 e. The number of hydrogen-bond acceptors (Lipinski definition) is 4. The van der Waals surface area contributed by atoms with Crippen molar-refractivity contribution in [3.8, 4) is 0 Å². The highest BCUT2D eigenvalue weighted by Gasteiger charge is 2.27. The molecule has 6 nitrogen and oxygen atoms in total. The Morgan fingerprint density at radius 3 is 2.18 bits per heavy atom. The second-order valence-corrected chi connectivity index (χ2v) is 6.90. The summed E-state index contributed by atoms with van der Waals surface area (Å²) in [7, 11) is -1.14. The quantitative estimate of drug-likeness (QED) is 0.243. The zero-order chi connectivity index (χ0) is 13.9. The molecule has 0 bridgehead atoms. The van der Waals surface area contributed by atoms with E-state index >= 15 is 0 Å². The van der Waals surface area contributed by atoms with Gasteiger partial charge in [0.1, 0.15) is 10.1 Å². The second-order valence-electron chi connectivity index (χ2n) is 5.52. The summed E-state index contributed by atoms with van der Waals surface area (Å²) in [6.07, 6.45) is 0.687. The van der Waals surface area contributed by atoms with Crippen molar-refractivity contribution in [3.63, 3.8) is 0 Å². The Labute approximate surface area is 103 Å². The standard InChI is InChI=1S/C10H22N2O4S/c1-6-10(2,3)9(13)11-7-12(4,5)8-17(14,15)16/h6-8H2,1-5H3,(H-,11,13,14,15,16)/i4+1,5+1,12+1. The number of rotatable bonds is 6. The average molecular weight is 269 g/mol. The minimum atomic E-state index is -4.30. The van der Waals surface area contributed by atoms with Crippen LogP contribution in [0.15, 0.2) is 0 Å². The van der Waals surface area contributed by atoms with E-state index in [1.807, 2.05) is 20.8 Å². The Hall–Kier alpha value is -0.660. The number of nitrogens with zero attached hydrogens (tertiary/aromatic N) is 1. The predicted molar refractivity (Wildman–Crippen MR) is 63.8 cm³/mol. The molecule has 0 aliphatic carbocycles. The first kappa shape index (κ1) is 16.3. The van der Waals surface area contributed by atoms with E-state index in [0.29, 0.717) is 6.42 Å². The number of nitrogens with one attached hydrogen (secondary N) is 1. The Morgan fingerprint density at radius 1 is 1.35 bits per heavy atom. The van der Waals surface area contributed by atoms with Gasteiger partial charge in [-0.1, -0.05) is 20.8 Å². The number of hydrogen-bond donors (Lipinski definition) is 1. The van der Waals surface area contributed by atoms with Crippen LogP contribution in [0.4, 0.5) is 0 Å². The van der Waals surface area contributed by atoms with E-state index in [4.69, 9.17) is 0 Å². The number of carbonyl (C=O) groups excluding carboxylic acids is 1. The summed E-state index contributed by atoms with van der Waals surface area (Å²) in [5, 5.41) is 2.67. The van der Waals surface area contributed by atoms with Crippen molar-refractivity contribution in [2.24, 2.45) is 5.41 Å². The third kappa shape index (κ3) is 6.60. The van der Waals surface area contributed by atoms with Crippen molar-refractivity contribution in [1.82, 2.24) is 5.32 Å². The minimum Gasteiger partial charge on any atom is -0.744 e. The third-order valence-electron chi connectivity index (χ3n) is 2.67. The van der Waals surface area contributed by atoms with Gasteiger partial charge in [-0.2, -0.15) is 0 Å². The van der Waals surface area contributed by atoms with Crippen molar-refractivity contribution in [2.75, 3.05) is 26.6 Å². The monoisotopic (exact) mass is 269 g/mol. The first-order chi connectivity index (χ1) is 7.40. The Kier molecular flexibility index (Phi) is 5.12. The molecule has 0 unspecified atom stereocenters. The molecule has 0 aromatic rings. The van der Waals surface area contributed by atoms with Gasteiger partial charge in [-0.05, 0) is 6.42 Å². The molecule has 0 saturated carbocycles. The summed E-state index contributed by atoms with van der Waals surface area (Å²) in [6.45, 7) is 5.64. The van der Waals surface area contributed by atoms with Crippen molar-refractivity contribution < 1.29 is 22.2 Å². The van der Waals surface area contributed by atoms with E-state index in [1.54, 1.807) is 14.1 Å². The Bertz CT molecular complexity index is 374. The maximum atomic E-state index is 11.8. The number of carbonyl (C=O) groups is 1. The molecule has 1 N–H and O–H groups in total. The van der Waals surface area contributed by atoms with Crippen LogP contribution < -0.4 is 5.32 Å². The molecule has 0 rings (SSSR count). The lowest BCUT2D eigenvalue weighted by Gasteiger charge is -2.32. The van der Waals surface area contributed by atoms with Gasteiger partial charge in [-0.25, -0.2) is 8.42 Å². The molecule has 0 fully saturated rings. The van der Waals surface area contributed by atoms with E-state index in [1.165, 1.54) is 0 Å². The fourth-order valence-electron chi connectivity index (χ4n) is 1.16. The molecule has 0 atom stereocenters. The first-order valence-corrected chi connectivity index (χ1v) is 7.01. The molecule has 0 saturated heterocycles. The molecule has 0 aliphatic rings. The van der Waals surface area contributed by atoms with Crippen LogP contribution >= 0.6 is 0 Å². The number of quaternary nitrogens is 1. The molecule has 17 heavy (non-hydrogen) atoms. The lowest BCUT2D eigenvalue weighted by atomic mass is 9.89. The largest absolute Gasteiger partial charge is 0.744 e. The van der Waals surface area contributed by atoms with Crippen LogP contribution in [0.3, 0.4) is 0 Å². The molecule has 0 aromatic carbocycles. The average Bonchev–Trinajstić information content (AvgIpc) is 2.10. The van der Waals surface area contributed by atoms with Gasteiger partial charge < -0.3 is 9.87 Å². The SMILES string of the molecule is CCC(C)(C)C(=O)NC[15N+]([13CH3])([13CH3])CS(=O)(=O)[O-]. The summed E-state index contributed by atoms with van der Waals surface area (Å²) < 4.78 is 31.9. The molecule has 1 amide bonds. The molecule has 0 aromatic heterocycles. The molecule has 0 heterocycles. The van der Waals surface area contributed by atoms with Gasteiger partial charge in [-0.3, -0.25) is 9.28 Å². The highest BCUT2D eigenvalue weighted by atomic mass is 32.2. The summed E-state index contributed by atoms with van der Waals surface area (Å²) in [4.78, 5) is 11.8. The van der Waals surface area contributed by atoms with Gasteiger partial charge in [0.25, 0.3) is 0 Å². The third-order valence-corrected chi connectivity index (χ3v) is 3.69. The predicted octanol–water partition coefficient (Wildman–Crippen LogP) is 0.0754. The lowest BCUT2D eigenvalue weighted by Crippen LogP contribution is -2.52. The normalized spacial score (nSPS) is 13.5. The summed E-state index contributed by atoms with van der Waals surface area (Å²) >= 11 is 0. The summed E-state index contributed by atoms with van der Waals surface area (Å²) in [6, 6.07) is 0. The topological polar surface area (TPSA) is 86.3 Å². The van der Waals surface area contributed by atoms with Crippen LogP contribution in [-0.4, -0.2) is 50.0 Å². The van der Waals surface area contributed by atoms with Crippen molar-refractivity contribution in [2.45, 2.75) is 27.2 Å².